The van der Waals surface area contributed by atoms with Crippen LogP contribution in [0.1, 0.15) is 188 Å². The Balaban J connectivity index is 0.000000268. The number of sulfonamides is 2. The Morgan fingerprint density at radius 1 is 0.604 bits per heavy atom. The van der Waals surface area contributed by atoms with Crippen LogP contribution in [0.3, 0.4) is 0 Å². The highest BCUT2D eigenvalue weighted by atomic mass is 35.7. The van der Waals surface area contributed by atoms with Crippen LogP contribution in [-0.2, 0) is 76.2 Å². The zero-order chi connectivity index (χ0) is 79.1. The number of carboxylic acids is 1. The number of carboxylic acid groups (broad SMARTS) is 1. The summed E-state index contributed by atoms with van der Waals surface area (Å²) in [6.07, 6.45) is 8.31. The molecule has 3 aromatic rings. The van der Waals surface area contributed by atoms with Crippen molar-refractivity contribution < 1.29 is 82.5 Å². The molecule has 0 amide bonds. The number of carbonyl (C=O) groups excluding carboxylic acids is 2. The maximum Gasteiger partial charge on any atom is 0.477 e. The Morgan fingerprint density at radius 2 is 0.991 bits per heavy atom. The molecule has 4 bridgehead atoms. The SMILES string of the molecule is C.C[C@@H](CC[C@@H](B1O[C@@H]2C[C@@H]3C[C@@H](C3(C)C)[C@]2(C)O1)N([Si](C)(C)C)[Si](C)(C)C)CC(=O)OC(C)(C)C.C[C@@H](CC[C@H](NS(=O)(=O)c1ccccc1)B1O[C@@H]2C[C@@H]3C[C@@H](C3(C)C)[C@]2(C)O1)CC(=O)OC(C)(C)C.ClCCl.O=C(O)C[C@@H]1CC[C@H](NS(=O)(=O)c2ccccc2)B(O)O1.O=S(=O)(Cl)c1ccccc1. The minimum absolute atomic E-state index is 0. The summed E-state index contributed by atoms with van der Waals surface area (Å²) in [6, 6.07) is 24.0. The number of nitrogens with one attached hydrogen (secondary N) is 2. The highest BCUT2D eigenvalue weighted by Crippen LogP contribution is 2.67. The molecule has 3 heterocycles. The molecule has 0 aromatic heterocycles. The molecular weight excluding hydrogens is 1510 g/mol. The second kappa shape index (κ2) is 37.3. The van der Waals surface area contributed by atoms with Crippen LogP contribution in [0.2, 0.25) is 39.3 Å². The van der Waals surface area contributed by atoms with Gasteiger partial charge in [0.1, 0.15) is 27.7 Å². The Kier molecular flexibility index (Phi) is 33.0. The molecule has 106 heavy (non-hydrogen) atoms. The predicted octanol–water partition coefficient (Wildman–Crippen LogP) is 15.2. The summed E-state index contributed by atoms with van der Waals surface area (Å²) < 4.78 is 123. The van der Waals surface area contributed by atoms with Crippen LogP contribution >= 0.6 is 33.9 Å². The van der Waals surface area contributed by atoms with Gasteiger partial charge in [-0.25, -0.2) is 34.7 Å². The van der Waals surface area contributed by atoms with Crippen molar-refractivity contribution in [2.24, 2.45) is 46.3 Å². The number of aliphatic carboxylic acids is 1. The van der Waals surface area contributed by atoms with Crippen molar-refractivity contribution in [3.8, 4) is 0 Å². The fourth-order valence-electron chi connectivity index (χ4n) is 16.9. The lowest BCUT2D eigenvalue weighted by Crippen LogP contribution is -2.67. The summed E-state index contributed by atoms with van der Waals surface area (Å²) in [7, 11) is -11.5. The number of benzene rings is 3. The first kappa shape index (κ1) is 93.7. The molecule has 32 heteroatoms. The highest BCUT2D eigenvalue weighted by molar-refractivity contribution is 8.13. The molecule has 9 fully saturated rings. The highest BCUT2D eigenvalue weighted by Gasteiger charge is 2.70. The molecule has 14 atom stereocenters. The molecular formula is C74H123B3Cl3N3O18S3Si2. The average molecular weight is 1630 g/mol. The Hall–Kier alpha value is -2.94. The lowest BCUT2D eigenvalue weighted by molar-refractivity contribution is -0.199. The molecule has 0 radical (unpaired) electrons. The van der Waals surface area contributed by atoms with E-state index in [1.807, 2.05) is 48.5 Å². The molecule has 3 aromatic carbocycles. The molecule has 4 N–H and O–H groups in total. The van der Waals surface area contributed by atoms with E-state index in [1.54, 1.807) is 66.7 Å². The molecule has 3 aliphatic heterocycles. The number of esters is 2. The molecule has 12 rings (SSSR count). The molecule has 6 saturated carbocycles. The minimum atomic E-state index is -3.77. The van der Waals surface area contributed by atoms with E-state index < -0.39 is 101 Å². The average Bonchev–Trinajstić information content (AvgIpc) is 1.42. The second-order valence-corrected chi connectivity index (χ2v) is 52.1. The third-order valence-electron chi connectivity index (χ3n) is 21.8. The maximum atomic E-state index is 13.3. The van der Waals surface area contributed by atoms with Gasteiger partial charge in [0.05, 0.1) is 67.8 Å². The monoisotopic (exact) mass is 1630 g/mol. The second-order valence-electron chi connectivity index (χ2n) is 35.2. The molecule has 6 aliphatic carbocycles. The minimum Gasteiger partial charge on any atom is -0.481 e. The molecule has 0 spiro atoms. The first-order valence-electron chi connectivity index (χ1n) is 36.9. The summed E-state index contributed by atoms with van der Waals surface area (Å²) in [6.45, 7) is 44.2. The van der Waals surface area contributed by atoms with Gasteiger partial charge in [0.15, 0.2) is 0 Å². The number of ether oxygens (including phenoxy) is 2. The Bertz CT molecular complexity index is 3680. The largest absolute Gasteiger partial charge is 0.481 e. The van der Waals surface area contributed by atoms with Crippen molar-refractivity contribution in [3.05, 3.63) is 91.0 Å². The summed E-state index contributed by atoms with van der Waals surface area (Å²) >= 11 is 9.53. The molecule has 9 aliphatic rings. The summed E-state index contributed by atoms with van der Waals surface area (Å²) in [4.78, 5) is 35.8. The van der Waals surface area contributed by atoms with Gasteiger partial charge in [-0.1, -0.05) is 143 Å². The number of alkyl halides is 2. The molecule has 0 unspecified atom stereocenters. The number of hydrogen-bond acceptors (Lipinski definition) is 18. The number of halogens is 3. The number of hydrogen-bond donors (Lipinski definition) is 4. The van der Waals surface area contributed by atoms with Gasteiger partial charge in [0.2, 0.25) is 20.0 Å². The third-order valence-corrected chi connectivity index (χ3v) is 33.7. The van der Waals surface area contributed by atoms with Crippen LogP contribution in [0.25, 0.3) is 0 Å². The van der Waals surface area contributed by atoms with E-state index in [0.717, 1.165) is 38.0 Å². The van der Waals surface area contributed by atoms with Crippen molar-refractivity contribution >= 4 is 119 Å². The van der Waals surface area contributed by atoms with Gasteiger partial charge < -0.3 is 47.1 Å². The normalized spacial score (nSPS) is 26.9. The van der Waals surface area contributed by atoms with Gasteiger partial charge in [-0.3, -0.25) is 14.4 Å². The quantitative estimate of drug-likeness (QED) is 0.0280. The standard InChI is InChI=1S/C27H42BNO6S.C27H54BNO4Si2.C12H16BNO6S.C6H5ClO2S.CH2Cl2.CH4/c1-18(15-24(30)33-25(2,3)4)13-14-23(29-36(31,32)20-11-9-8-10-12-20)28-34-22-17-19-16-21(26(19,5)6)27(22,7)35-28;1-19(16-24(30)31-25(2,3)4)14-15-23(29(34(8,9)10)35(11,12)13)28-32-22-18-20-17-21(26(20,5)6)27(22,7)33-28;15-12(16)8-9-6-7-11(13(17)20-9)14-21(18,19)10-4-2-1-3-5-10;7-10(8,9)6-4-2-1-3-5-6;2-1-3;/h8-12,18-19,21-23,29H,13-17H2,1-7H3;19-23H,14-18H2,1-13H3;1-5,9,11,14,17H,6-8H2,(H,15,16);1-5H;1H2;1H4/t18-,19-,21-,22+,23-,27-;19-,20-,21-,22+,23-,27-;9-,11-;;;/m000.../s1. The smallest absolute Gasteiger partial charge is 0.477 e. The van der Waals surface area contributed by atoms with Crippen LogP contribution in [-0.4, -0.2) is 159 Å². The van der Waals surface area contributed by atoms with E-state index >= 15 is 0 Å². The number of rotatable bonds is 24. The van der Waals surface area contributed by atoms with Gasteiger partial charge in [0, 0.05) is 29.5 Å². The fraction of sp³-hybridized carbons (Fsp3) is 0.716. The van der Waals surface area contributed by atoms with E-state index in [2.05, 4.69) is 101 Å². The van der Waals surface area contributed by atoms with Crippen LogP contribution < -0.4 is 9.44 Å². The van der Waals surface area contributed by atoms with Crippen molar-refractivity contribution in [3.63, 3.8) is 0 Å². The zero-order valence-electron chi connectivity index (χ0n) is 65.5. The number of nitrogens with zero attached hydrogens (tertiary/aromatic N) is 1. The Labute approximate surface area is 653 Å². The van der Waals surface area contributed by atoms with Gasteiger partial charge in [-0.2, -0.15) is 0 Å². The van der Waals surface area contributed by atoms with Gasteiger partial charge in [-0.05, 0) is 202 Å². The zero-order valence-corrected chi connectivity index (χ0v) is 72.2. The first-order chi connectivity index (χ1) is 48.2. The van der Waals surface area contributed by atoms with E-state index in [-0.39, 0.29) is 100 Å². The van der Waals surface area contributed by atoms with E-state index in [1.165, 1.54) is 30.7 Å². The van der Waals surface area contributed by atoms with Crippen LogP contribution in [0.5, 0.6) is 0 Å². The molecule has 598 valence electrons. The topological polar surface area (TPSA) is 286 Å². The summed E-state index contributed by atoms with van der Waals surface area (Å²) in [5, 5.41) is 18.7. The third kappa shape index (κ3) is 25.3. The number of carbonyl (C=O) groups is 3. The van der Waals surface area contributed by atoms with E-state index in [9.17, 15) is 44.7 Å². The van der Waals surface area contributed by atoms with Crippen molar-refractivity contribution in [1.29, 1.82) is 0 Å². The van der Waals surface area contributed by atoms with E-state index in [4.69, 9.17) is 71.7 Å². The predicted molar refractivity (Wildman–Crippen MR) is 428 cm³/mol. The summed E-state index contributed by atoms with van der Waals surface area (Å²) in [5.74, 6) is 0.124. The van der Waals surface area contributed by atoms with Gasteiger partial charge in [0.25, 0.3) is 9.05 Å². The Morgan fingerprint density at radius 3 is 1.36 bits per heavy atom. The van der Waals surface area contributed by atoms with E-state index in [0.29, 0.717) is 55.3 Å². The maximum absolute atomic E-state index is 13.3. The first-order valence-corrected chi connectivity index (χ1v) is 50.1. The summed E-state index contributed by atoms with van der Waals surface area (Å²) in [5.41, 5.74) is -1.04. The van der Waals surface area contributed by atoms with Crippen LogP contribution in [0.4, 0.5) is 0 Å². The lowest BCUT2D eigenvalue weighted by atomic mass is 9.43. The lowest BCUT2D eigenvalue weighted by Gasteiger charge is -2.64. The molecule has 3 saturated heterocycles. The fourth-order valence-corrected chi connectivity index (χ4v) is 30.8. The van der Waals surface area contributed by atoms with Gasteiger partial charge in [-0.15, -0.1) is 23.2 Å². The van der Waals surface area contributed by atoms with Crippen molar-refractivity contribution in [2.45, 2.75) is 300 Å². The van der Waals surface area contributed by atoms with Crippen molar-refractivity contribution in [2.75, 3.05) is 5.34 Å². The van der Waals surface area contributed by atoms with Crippen LogP contribution in [0.15, 0.2) is 106 Å². The van der Waals surface area contributed by atoms with Gasteiger partial charge >= 0.3 is 39.3 Å². The van der Waals surface area contributed by atoms with Crippen LogP contribution in [0, 0.1) is 46.3 Å². The molecule has 21 nitrogen and oxygen atoms in total. The van der Waals surface area contributed by atoms with Crippen molar-refractivity contribution in [1.82, 2.24) is 13.7 Å².